The highest BCUT2D eigenvalue weighted by Crippen LogP contribution is 2.34. The maximum Gasteiger partial charge on any atom is 0.418 e. The first-order chi connectivity index (χ1) is 11.9. The Bertz CT molecular complexity index is 739. The summed E-state index contributed by atoms with van der Waals surface area (Å²) in [6.07, 6.45) is 0.562. The monoisotopic (exact) mass is 354 g/mol. The fourth-order valence-electron chi connectivity index (χ4n) is 2.65. The van der Waals surface area contributed by atoms with E-state index in [0.717, 1.165) is 25.5 Å². The summed E-state index contributed by atoms with van der Waals surface area (Å²) in [5, 5.41) is 8.80. The zero-order valence-corrected chi connectivity index (χ0v) is 13.2. The number of amides is 2. The van der Waals surface area contributed by atoms with E-state index in [1.165, 1.54) is 24.4 Å². The second-order valence-corrected chi connectivity index (χ2v) is 5.71. The number of carbonyl (C=O) groups is 1. The first-order valence-corrected chi connectivity index (χ1v) is 7.80. The predicted octanol–water partition coefficient (Wildman–Crippen LogP) is 3.72. The fourth-order valence-corrected chi connectivity index (χ4v) is 2.65. The topological polar surface area (TPSA) is 68.2 Å². The Morgan fingerprint density at radius 3 is 2.84 bits per heavy atom. The molecule has 134 valence electrons. The van der Waals surface area contributed by atoms with E-state index in [1.807, 2.05) is 0 Å². The average Bonchev–Trinajstić information content (AvgIpc) is 3.19. The molecule has 25 heavy (non-hydrogen) atoms. The smallest absolute Gasteiger partial charge is 0.376 e. The third kappa shape index (κ3) is 4.50. The number of nitrogens with zero attached hydrogens (tertiary/aromatic N) is 2. The number of aromatic nitrogens is 2. The number of para-hydroxylation sites is 1. The van der Waals surface area contributed by atoms with Crippen LogP contribution in [-0.4, -0.2) is 28.5 Å². The van der Waals surface area contributed by atoms with E-state index in [4.69, 9.17) is 4.74 Å². The largest absolute Gasteiger partial charge is 0.418 e. The van der Waals surface area contributed by atoms with Gasteiger partial charge in [0.1, 0.15) is 0 Å². The third-order valence-corrected chi connectivity index (χ3v) is 3.79. The van der Waals surface area contributed by atoms with Crippen molar-refractivity contribution in [2.24, 2.45) is 0 Å². The molecule has 1 aromatic heterocycles. The third-order valence-electron chi connectivity index (χ3n) is 3.79. The second-order valence-electron chi connectivity index (χ2n) is 5.71. The van der Waals surface area contributed by atoms with Crippen molar-refractivity contribution in [3.63, 3.8) is 0 Å². The molecule has 0 bridgehead atoms. The summed E-state index contributed by atoms with van der Waals surface area (Å²) in [6, 6.07) is 4.03. The molecule has 0 saturated carbocycles. The van der Waals surface area contributed by atoms with Gasteiger partial charge in [-0.3, -0.25) is 4.68 Å². The van der Waals surface area contributed by atoms with E-state index < -0.39 is 17.8 Å². The fraction of sp³-hybridized carbons (Fsp3) is 0.375. The lowest BCUT2D eigenvalue weighted by atomic mass is 10.1. The zero-order chi connectivity index (χ0) is 17.9. The molecule has 2 amide bonds. The van der Waals surface area contributed by atoms with E-state index in [2.05, 4.69) is 15.7 Å². The normalized spacial score (nSPS) is 17.5. The maximum absolute atomic E-state index is 12.9. The minimum absolute atomic E-state index is 0.0974. The van der Waals surface area contributed by atoms with Crippen LogP contribution in [0.4, 0.5) is 29.3 Å². The van der Waals surface area contributed by atoms with Crippen LogP contribution in [0.1, 0.15) is 18.4 Å². The summed E-state index contributed by atoms with van der Waals surface area (Å²) >= 11 is 0. The summed E-state index contributed by atoms with van der Waals surface area (Å²) in [6.45, 7) is 1.30. The highest BCUT2D eigenvalue weighted by molar-refractivity contribution is 6.00. The van der Waals surface area contributed by atoms with Gasteiger partial charge in [-0.25, -0.2) is 4.79 Å². The second kappa shape index (κ2) is 7.14. The van der Waals surface area contributed by atoms with E-state index in [1.54, 1.807) is 10.9 Å². The number of urea groups is 1. The van der Waals surface area contributed by atoms with Crippen LogP contribution in [0.25, 0.3) is 0 Å². The summed E-state index contributed by atoms with van der Waals surface area (Å²) in [4.78, 5) is 12.0. The minimum Gasteiger partial charge on any atom is -0.376 e. The van der Waals surface area contributed by atoms with Gasteiger partial charge in [0.15, 0.2) is 0 Å². The van der Waals surface area contributed by atoms with Gasteiger partial charge in [0.05, 0.1) is 35.8 Å². The van der Waals surface area contributed by atoms with Gasteiger partial charge < -0.3 is 15.4 Å². The molecule has 1 aliphatic heterocycles. The molecule has 9 heteroatoms. The van der Waals surface area contributed by atoms with Gasteiger partial charge >= 0.3 is 12.2 Å². The summed E-state index contributed by atoms with van der Waals surface area (Å²) < 4.78 is 45.9. The first-order valence-electron chi connectivity index (χ1n) is 7.80. The van der Waals surface area contributed by atoms with E-state index in [9.17, 15) is 18.0 Å². The number of hydrogen-bond acceptors (Lipinski definition) is 3. The first kappa shape index (κ1) is 17.3. The number of benzene rings is 1. The molecule has 0 radical (unpaired) electrons. The highest BCUT2D eigenvalue weighted by atomic mass is 19.4. The molecule has 1 saturated heterocycles. The molecule has 0 spiro atoms. The lowest BCUT2D eigenvalue weighted by molar-refractivity contribution is -0.136. The Morgan fingerprint density at radius 2 is 2.12 bits per heavy atom. The Kier molecular flexibility index (Phi) is 4.93. The average molecular weight is 354 g/mol. The number of rotatable bonds is 4. The molecule has 0 unspecified atom stereocenters. The lowest BCUT2D eigenvalue weighted by Gasteiger charge is -2.13. The standard InChI is InChI=1S/C16H17F3N4O2/c17-16(18,19)13-5-1-2-6-14(13)22-15(24)21-11-8-20-23(9-11)10-12-4-3-7-25-12/h1-2,5-6,8-9,12H,3-4,7,10H2,(H2,21,22,24)/t12-/m0/s1. The minimum atomic E-state index is -4.55. The Morgan fingerprint density at radius 1 is 1.32 bits per heavy atom. The van der Waals surface area contributed by atoms with Crippen molar-refractivity contribution < 1.29 is 22.7 Å². The van der Waals surface area contributed by atoms with Gasteiger partial charge in [0, 0.05) is 12.8 Å². The van der Waals surface area contributed by atoms with Crippen molar-refractivity contribution in [3.05, 3.63) is 42.2 Å². The van der Waals surface area contributed by atoms with Crippen molar-refractivity contribution in [1.29, 1.82) is 0 Å². The number of hydrogen-bond donors (Lipinski definition) is 2. The Labute approximate surface area is 142 Å². The molecule has 2 heterocycles. The molecular weight excluding hydrogens is 337 g/mol. The number of ether oxygens (including phenoxy) is 1. The quantitative estimate of drug-likeness (QED) is 0.879. The SMILES string of the molecule is O=C(Nc1cnn(C[C@@H]2CCCO2)c1)Nc1ccccc1C(F)(F)F. The van der Waals surface area contributed by atoms with Crippen LogP contribution in [0, 0.1) is 0 Å². The van der Waals surface area contributed by atoms with Crippen LogP contribution in [0.3, 0.4) is 0 Å². The molecule has 2 N–H and O–H groups in total. The van der Waals surface area contributed by atoms with E-state index in [-0.39, 0.29) is 11.8 Å². The van der Waals surface area contributed by atoms with E-state index in [0.29, 0.717) is 12.2 Å². The lowest BCUT2D eigenvalue weighted by Crippen LogP contribution is -2.21. The predicted molar refractivity (Wildman–Crippen MR) is 85.3 cm³/mol. The molecule has 3 rings (SSSR count). The van der Waals surface area contributed by atoms with Crippen molar-refractivity contribution in [3.8, 4) is 0 Å². The van der Waals surface area contributed by atoms with Crippen molar-refractivity contribution >= 4 is 17.4 Å². The summed E-state index contributed by atoms with van der Waals surface area (Å²) in [5.41, 5.74) is -0.821. The van der Waals surface area contributed by atoms with Gasteiger partial charge in [-0.05, 0) is 25.0 Å². The summed E-state index contributed by atoms with van der Waals surface area (Å²) in [7, 11) is 0. The molecule has 0 aliphatic carbocycles. The van der Waals surface area contributed by atoms with Gasteiger partial charge in [-0.15, -0.1) is 0 Å². The zero-order valence-electron chi connectivity index (χ0n) is 13.2. The van der Waals surface area contributed by atoms with Crippen LogP contribution in [0.15, 0.2) is 36.7 Å². The molecule has 1 aromatic carbocycles. The maximum atomic E-state index is 12.9. The Hall–Kier alpha value is -2.55. The number of carbonyl (C=O) groups excluding carboxylic acids is 1. The number of alkyl halides is 3. The number of halogens is 3. The Balaban J connectivity index is 1.61. The highest BCUT2D eigenvalue weighted by Gasteiger charge is 2.33. The van der Waals surface area contributed by atoms with Crippen LogP contribution in [0.2, 0.25) is 0 Å². The molecule has 1 aliphatic rings. The molecule has 1 atom stereocenters. The summed E-state index contributed by atoms with van der Waals surface area (Å²) in [5.74, 6) is 0. The van der Waals surface area contributed by atoms with Gasteiger partial charge in [0.2, 0.25) is 0 Å². The molecule has 6 nitrogen and oxygen atoms in total. The van der Waals surface area contributed by atoms with Crippen LogP contribution >= 0.6 is 0 Å². The van der Waals surface area contributed by atoms with Gasteiger partial charge in [-0.2, -0.15) is 18.3 Å². The van der Waals surface area contributed by atoms with Gasteiger partial charge in [0.25, 0.3) is 0 Å². The van der Waals surface area contributed by atoms with Crippen LogP contribution in [0.5, 0.6) is 0 Å². The molecular formula is C16H17F3N4O2. The van der Waals surface area contributed by atoms with Crippen LogP contribution in [-0.2, 0) is 17.5 Å². The van der Waals surface area contributed by atoms with E-state index >= 15 is 0 Å². The van der Waals surface area contributed by atoms with Crippen LogP contribution < -0.4 is 10.6 Å². The molecule has 2 aromatic rings. The molecule has 1 fully saturated rings. The van der Waals surface area contributed by atoms with Crippen molar-refractivity contribution in [1.82, 2.24) is 9.78 Å². The van der Waals surface area contributed by atoms with Crippen molar-refractivity contribution in [2.75, 3.05) is 17.2 Å². The van der Waals surface area contributed by atoms with Gasteiger partial charge in [-0.1, -0.05) is 12.1 Å². The number of nitrogens with one attached hydrogen (secondary N) is 2. The van der Waals surface area contributed by atoms with Crippen molar-refractivity contribution in [2.45, 2.75) is 31.7 Å². The number of anilines is 2.